The number of thiophene rings is 1. The van der Waals surface area contributed by atoms with Gasteiger partial charge in [-0.2, -0.15) is 0 Å². The Balaban J connectivity index is 1.90. The number of aryl methyl sites for hydroxylation is 2. The van der Waals surface area contributed by atoms with Gasteiger partial charge in [-0.3, -0.25) is 15.6 Å². The zero-order valence-corrected chi connectivity index (χ0v) is 15.4. The van der Waals surface area contributed by atoms with Gasteiger partial charge in [0.15, 0.2) is 5.11 Å². The SMILES string of the molecule is CCc1sc(C(=O)NNC(=S)Nc2ccccc2C)cc1Br. The van der Waals surface area contributed by atoms with Crippen LogP contribution < -0.4 is 16.2 Å². The van der Waals surface area contributed by atoms with Crippen LogP contribution in [0.1, 0.15) is 27.0 Å². The molecule has 7 heteroatoms. The van der Waals surface area contributed by atoms with Crippen molar-refractivity contribution >= 4 is 56.2 Å². The van der Waals surface area contributed by atoms with Crippen molar-refractivity contribution in [3.8, 4) is 0 Å². The molecule has 0 atom stereocenters. The van der Waals surface area contributed by atoms with Crippen molar-refractivity contribution < 1.29 is 4.79 Å². The molecule has 0 spiro atoms. The lowest BCUT2D eigenvalue weighted by Gasteiger charge is -2.12. The molecule has 1 aromatic heterocycles. The summed E-state index contributed by atoms with van der Waals surface area (Å²) in [5.41, 5.74) is 7.30. The van der Waals surface area contributed by atoms with Crippen LogP contribution in [-0.2, 0) is 6.42 Å². The van der Waals surface area contributed by atoms with E-state index in [1.165, 1.54) is 11.3 Å². The molecule has 0 fully saturated rings. The molecule has 0 saturated heterocycles. The van der Waals surface area contributed by atoms with Gasteiger partial charge in [0.05, 0.1) is 4.88 Å². The van der Waals surface area contributed by atoms with E-state index in [1.54, 1.807) is 0 Å². The maximum Gasteiger partial charge on any atom is 0.279 e. The molecule has 2 rings (SSSR count). The highest BCUT2D eigenvalue weighted by molar-refractivity contribution is 9.10. The summed E-state index contributed by atoms with van der Waals surface area (Å²) in [5, 5.41) is 3.39. The third kappa shape index (κ3) is 4.28. The van der Waals surface area contributed by atoms with E-state index in [4.69, 9.17) is 12.2 Å². The van der Waals surface area contributed by atoms with Crippen LogP contribution in [0.5, 0.6) is 0 Å². The molecular formula is C15H16BrN3OS2. The second kappa shape index (κ2) is 7.71. The number of rotatable bonds is 3. The summed E-state index contributed by atoms with van der Waals surface area (Å²) in [4.78, 5) is 13.9. The van der Waals surface area contributed by atoms with E-state index in [2.05, 4.69) is 39.0 Å². The van der Waals surface area contributed by atoms with Gasteiger partial charge in [-0.15, -0.1) is 11.3 Å². The summed E-state index contributed by atoms with van der Waals surface area (Å²) in [5.74, 6) is -0.209. The number of carbonyl (C=O) groups excluding carboxylic acids is 1. The average Bonchev–Trinajstić information content (AvgIpc) is 2.88. The van der Waals surface area contributed by atoms with Crippen molar-refractivity contribution in [2.45, 2.75) is 20.3 Å². The molecule has 0 bridgehead atoms. The van der Waals surface area contributed by atoms with Gasteiger partial charge < -0.3 is 5.32 Å². The van der Waals surface area contributed by atoms with Crippen molar-refractivity contribution in [3.63, 3.8) is 0 Å². The van der Waals surface area contributed by atoms with Crippen molar-refractivity contribution in [1.82, 2.24) is 10.9 Å². The Morgan fingerprint density at radius 3 is 2.68 bits per heavy atom. The number of halogens is 1. The number of hydrogen-bond donors (Lipinski definition) is 3. The number of nitrogens with one attached hydrogen (secondary N) is 3. The minimum atomic E-state index is -0.209. The predicted molar refractivity (Wildman–Crippen MR) is 99.4 cm³/mol. The molecular weight excluding hydrogens is 382 g/mol. The van der Waals surface area contributed by atoms with Crippen LogP contribution in [0.2, 0.25) is 0 Å². The van der Waals surface area contributed by atoms with Crippen LogP contribution in [0.3, 0.4) is 0 Å². The maximum absolute atomic E-state index is 12.1. The quantitative estimate of drug-likeness (QED) is 0.540. The first kappa shape index (κ1) is 16.9. The molecule has 0 saturated carbocycles. The lowest BCUT2D eigenvalue weighted by Crippen LogP contribution is -2.43. The Labute approximate surface area is 147 Å². The number of benzene rings is 1. The average molecular weight is 398 g/mol. The Kier molecular flexibility index (Phi) is 5.93. The van der Waals surface area contributed by atoms with Gasteiger partial charge in [0.1, 0.15) is 0 Å². The second-order valence-electron chi connectivity index (χ2n) is 4.58. The molecule has 4 nitrogen and oxygen atoms in total. The van der Waals surface area contributed by atoms with E-state index >= 15 is 0 Å². The zero-order chi connectivity index (χ0) is 16.1. The molecule has 1 amide bonds. The smallest absolute Gasteiger partial charge is 0.279 e. The molecule has 0 radical (unpaired) electrons. The topological polar surface area (TPSA) is 53.2 Å². The third-order valence-electron chi connectivity index (χ3n) is 2.99. The molecule has 0 aliphatic rings. The van der Waals surface area contributed by atoms with Gasteiger partial charge in [0.2, 0.25) is 0 Å². The van der Waals surface area contributed by atoms with E-state index in [9.17, 15) is 4.79 Å². The summed E-state index contributed by atoms with van der Waals surface area (Å²) in [6.07, 6.45) is 0.888. The summed E-state index contributed by atoms with van der Waals surface area (Å²) in [6, 6.07) is 9.61. The van der Waals surface area contributed by atoms with Gasteiger partial charge >= 0.3 is 0 Å². The van der Waals surface area contributed by atoms with E-state index in [0.29, 0.717) is 9.99 Å². The molecule has 116 valence electrons. The van der Waals surface area contributed by atoms with Crippen LogP contribution in [0.25, 0.3) is 0 Å². The molecule has 22 heavy (non-hydrogen) atoms. The zero-order valence-electron chi connectivity index (χ0n) is 12.2. The number of amides is 1. The summed E-state index contributed by atoms with van der Waals surface area (Å²) in [6.45, 7) is 4.04. The fourth-order valence-corrected chi connectivity index (χ4v) is 3.75. The molecule has 1 heterocycles. The van der Waals surface area contributed by atoms with Gasteiger partial charge in [-0.25, -0.2) is 0 Å². The highest BCUT2D eigenvalue weighted by atomic mass is 79.9. The van der Waals surface area contributed by atoms with Gasteiger partial charge in [0.25, 0.3) is 5.91 Å². The van der Waals surface area contributed by atoms with Crippen LogP contribution in [0.15, 0.2) is 34.8 Å². The standard InChI is InChI=1S/C15H16BrN3OS2/c1-3-12-10(16)8-13(22-12)14(20)18-19-15(21)17-11-7-5-4-6-9(11)2/h4-8H,3H2,1-2H3,(H,18,20)(H2,17,19,21). The van der Waals surface area contributed by atoms with Crippen LogP contribution in [0.4, 0.5) is 5.69 Å². The summed E-state index contributed by atoms with van der Waals surface area (Å²) < 4.78 is 0.964. The number of para-hydroxylation sites is 1. The Morgan fingerprint density at radius 2 is 2.05 bits per heavy atom. The number of carbonyl (C=O) groups is 1. The van der Waals surface area contributed by atoms with Crippen LogP contribution in [0, 0.1) is 6.92 Å². The highest BCUT2D eigenvalue weighted by Gasteiger charge is 2.12. The number of thiocarbonyl (C=S) groups is 1. The number of hydrogen-bond acceptors (Lipinski definition) is 3. The Hall–Kier alpha value is -1.44. The largest absolute Gasteiger partial charge is 0.331 e. The molecule has 2 aromatic rings. The van der Waals surface area contributed by atoms with Crippen LogP contribution in [-0.4, -0.2) is 11.0 Å². The molecule has 0 unspecified atom stereocenters. The normalized spacial score (nSPS) is 10.1. The summed E-state index contributed by atoms with van der Waals surface area (Å²) in [7, 11) is 0. The molecule has 3 N–H and O–H groups in total. The fourth-order valence-electron chi connectivity index (χ4n) is 1.80. The van der Waals surface area contributed by atoms with Crippen molar-refractivity contribution in [3.05, 3.63) is 50.1 Å². The minimum absolute atomic E-state index is 0.209. The highest BCUT2D eigenvalue weighted by Crippen LogP contribution is 2.27. The minimum Gasteiger partial charge on any atom is -0.331 e. The first-order valence-corrected chi connectivity index (χ1v) is 8.74. The van der Waals surface area contributed by atoms with E-state index < -0.39 is 0 Å². The van der Waals surface area contributed by atoms with Gasteiger partial charge in [-0.1, -0.05) is 25.1 Å². The second-order valence-corrected chi connectivity index (χ2v) is 6.98. The van der Waals surface area contributed by atoms with E-state index in [1.807, 2.05) is 37.3 Å². The first-order valence-electron chi connectivity index (χ1n) is 6.72. The fraction of sp³-hybridized carbons (Fsp3) is 0.200. The van der Waals surface area contributed by atoms with Crippen molar-refractivity contribution in [2.75, 3.05) is 5.32 Å². The molecule has 1 aromatic carbocycles. The monoisotopic (exact) mass is 397 g/mol. The maximum atomic E-state index is 12.1. The van der Waals surface area contributed by atoms with E-state index in [-0.39, 0.29) is 5.91 Å². The van der Waals surface area contributed by atoms with E-state index in [0.717, 1.165) is 27.0 Å². The summed E-state index contributed by atoms with van der Waals surface area (Å²) >= 11 is 10.1. The Bertz CT molecular complexity index is 700. The lowest BCUT2D eigenvalue weighted by molar-refractivity contribution is 0.0948. The van der Waals surface area contributed by atoms with Gasteiger partial charge in [0, 0.05) is 15.0 Å². The van der Waals surface area contributed by atoms with Crippen LogP contribution >= 0.6 is 39.5 Å². The van der Waals surface area contributed by atoms with Gasteiger partial charge in [-0.05, 0) is 59.2 Å². The lowest BCUT2D eigenvalue weighted by atomic mass is 10.2. The third-order valence-corrected chi connectivity index (χ3v) is 5.44. The predicted octanol–water partition coefficient (Wildman–Crippen LogP) is 4.01. The van der Waals surface area contributed by atoms with Crippen molar-refractivity contribution in [1.29, 1.82) is 0 Å². The van der Waals surface area contributed by atoms with Crippen molar-refractivity contribution in [2.24, 2.45) is 0 Å². The molecule has 0 aliphatic carbocycles. The number of anilines is 1. The first-order chi connectivity index (χ1) is 10.5. The number of hydrazine groups is 1. The molecule has 0 aliphatic heterocycles. The Morgan fingerprint density at radius 1 is 1.32 bits per heavy atom.